The Morgan fingerprint density at radius 1 is 1.11 bits per heavy atom. The number of rotatable bonds is 9. The second-order valence-electron chi connectivity index (χ2n) is 10.2. The molecular formula is C29H31ClN6O2. The zero-order valence-electron chi connectivity index (χ0n) is 22.0. The first-order valence-electron chi connectivity index (χ1n) is 12.7. The average molecular weight is 531 g/mol. The molecule has 0 fully saturated rings. The number of fused-ring (bicyclic) bond motifs is 1. The Kier molecular flexibility index (Phi) is 7.19. The van der Waals surface area contributed by atoms with Crippen LogP contribution < -0.4 is 5.56 Å². The number of aryl methyl sites for hydroxylation is 1. The number of hydrogen-bond acceptors (Lipinski definition) is 6. The molecular weight excluding hydrogens is 500 g/mol. The van der Waals surface area contributed by atoms with E-state index >= 15 is 0 Å². The molecule has 38 heavy (non-hydrogen) atoms. The summed E-state index contributed by atoms with van der Waals surface area (Å²) in [5.74, 6) is 1.33. The molecule has 0 aliphatic carbocycles. The monoisotopic (exact) mass is 530 g/mol. The van der Waals surface area contributed by atoms with E-state index in [1.165, 1.54) is 0 Å². The summed E-state index contributed by atoms with van der Waals surface area (Å²) in [7, 11) is 0. The van der Waals surface area contributed by atoms with Crippen LogP contribution in [0.1, 0.15) is 61.5 Å². The third-order valence-electron chi connectivity index (χ3n) is 7.22. The zero-order valence-corrected chi connectivity index (χ0v) is 22.7. The second-order valence-corrected chi connectivity index (χ2v) is 10.6. The number of tetrazole rings is 1. The summed E-state index contributed by atoms with van der Waals surface area (Å²) in [5, 5.41) is 14.5. The molecule has 0 amide bonds. The molecule has 9 heteroatoms. The van der Waals surface area contributed by atoms with Gasteiger partial charge in [0, 0.05) is 17.1 Å². The number of nitrogens with one attached hydrogen (secondary N) is 1. The van der Waals surface area contributed by atoms with E-state index in [2.05, 4.69) is 46.2 Å². The number of H-pyrrole nitrogens is 1. The molecule has 196 valence electrons. The molecule has 3 heterocycles. The van der Waals surface area contributed by atoms with Crippen LogP contribution >= 0.6 is 11.6 Å². The Bertz CT molecular complexity index is 1610. The molecule has 5 rings (SSSR count). The summed E-state index contributed by atoms with van der Waals surface area (Å²) < 4.78 is 7.58. The van der Waals surface area contributed by atoms with E-state index in [9.17, 15) is 4.79 Å². The summed E-state index contributed by atoms with van der Waals surface area (Å²) in [6.45, 7) is 9.10. The van der Waals surface area contributed by atoms with Gasteiger partial charge in [0.25, 0.3) is 5.56 Å². The number of aromatic nitrogens is 5. The lowest BCUT2D eigenvalue weighted by Gasteiger charge is -2.33. The predicted octanol–water partition coefficient (Wildman–Crippen LogP) is 6.01. The fourth-order valence-electron chi connectivity index (χ4n) is 4.73. The Balaban J connectivity index is 1.75. The van der Waals surface area contributed by atoms with Gasteiger partial charge in [-0.2, -0.15) is 0 Å². The van der Waals surface area contributed by atoms with Gasteiger partial charge in [-0.25, -0.2) is 4.68 Å². The Labute approximate surface area is 226 Å². The van der Waals surface area contributed by atoms with Gasteiger partial charge in [0.05, 0.1) is 23.9 Å². The van der Waals surface area contributed by atoms with Gasteiger partial charge in [0.2, 0.25) is 0 Å². The van der Waals surface area contributed by atoms with Crippen LogP contribution in [0.4, 0.5) is 0 Å². The van der Waals surface area contributed by atoms with Crippen LogP contribution in [0.2, 0.25) is 5.02 Å². The van der Waals surface area contributed by atoms with E-state index in [-0.39, 0.29) is 11.1 Å². The quantitative estimate of drug-likeness (QED) is 0.251. The Hall–Kier alpha value is -3.75. The van der Waals surface area contributed by atoms with Crippen LogP contribution in [0.25, 0.3) is 10.9 Å². The fraction of sp³-hybridized carbons (Fsp3) is 0.310. The van der Waals surface area contributed by atoms with Crippen molar-refractivity contribution in [2.45, 2.75) is 58.8 Å². The van der Waals surface area contributed by atoms with Crippen LogP contribution in [0.3, 0.4) is 0 Å². The van der Waals surface area contributed by atoms with Gasteiger partial charge >= 0.3 is 0 Å². The van der Waals surface area contributed by atoms with E-state index in [0.717, 1.165) is 34.2 Å². The molecule has 3 aromatic heterocycles. The van der Waals surface area contributed by atoms with Gasteiger partial charge in [-0.05, 0) is 78.4 Å². The number of nitrogens with zero attached hydrogens (tertiary/aromatic N) is 5. The minimum absolute atomic E-state index is 0.191. The van der Waals surface area contributed by atoms with E-state index < -0.39 is 6.04 Å². The van der Waals surface area contributed by atoms with Gasteiger partial charge < -0.3 is 9.40 Å². The van der Waals surface area contributed by atoms with Gasteiger partial charge in [0.1, 0.15) is 11.8 Å². The van der Waals surface area contributed by atoms with Crippen molar-refractivity contribution < 1.29 is 4.42 Å². The maximum absolute atomic E-state index is 13.8. The molecule has 0 bridgehead atoms. The number of para-hydroxylation sites is 1. The molecule has 0 aliphatic heterocycles. The molecule has 2 aromatic carbocycles. The SMILES string of the molecule is CCC(C)(C)n1nnnc1[C@H](c1cc2cccc(C)c2[nH]c1=O)N(Cc1ccco1)Cc1ccccc1Cl. The topological polar surface area (TPSA) is 92.8 Å². The van der Waals surface area contributed by atoms with E-state index in [1.807, 2.05) is 72.3 Å². The predicted molar refractivity (Wildman–Crippen MR) is 148 cm³/mol. The third-order valence-corrected chi connectivity index (χ3v) is 7.59. The lowest BCUT2D eigenvalue weighted by atomic mass is 9.98. The van der Waals surface area contributed by atoms with Crippen molar-refractivity contribution in [1.82, 2.24) is 30.1 Å². The van der Waals surface area contributed by atoms with Crippen molar-refractivity contribution >= 4 is 22.5 Å². The first-order chi connectivity index (χ1) is 18.3. The van der Waals surface area contributed by atoms with Crippen molar-refractivity contribution in [3.63, 3.8) is 0 Å². The van der Waals surface area contributed by atoms with Crippen LogP contribution in [0.15, 0.2) is 76.1 Å². The highest BCUT2D eigenvalue weighted by Gasteiger charge is 2.35. The largest absolute Gasteiger partial charge is 0.468 e. The fourth-order valence-corrected chi connectivity index (χ4v) is 4.93. The van der Waals surface area contributed by atoms with Crippen LogP contribution in [-0.4, -0.2) is 30.1 Å². The lowest BCUT2D eigenvalue weighted by Crippen LogP contribution is -2.38. The van der Waals surface area contributed by atoms with E-state index in [1.54, 1.807) is 6.26 Å². The van der Waals surface area contributed by atoms with Gasteiger partial charge in [-0.15, -0.1) is 5.10 Å². The molecule has 1 atom stereocenters. The maximum Gasteiger partial charge on any atom is 0.253 e. The van der Waals surface area contributed by atoms with Crippen molar-refractivity contribution in [3.05, 3.63) is 111 Å². The standard InChI is InChI=1S/C29H31ClN6O2/c1-5-29(3,4)36-27(32-33-34-36)26(23-16-20-12-8-10-19(2)25(20)31-28(23)37)35(18-22-13-9-15-38-22)17-21-11-6-7-14-24(21)30/h6-16,26H,5,17-18H2,1-4H3,(H,31,37)/t26-/m0/s1. The summed E-state index contributed by atoms with van der Waals surface area (Å²) in [4.78, 5) is 19.0. The smallest absolute Gasteiger partial charge is 0.253 e. The number of benzene rings is 2. The van der Waals surface area contributed by atoms with Crippen molar-refractivity contribution in [2.24, 2.45) is 0 Å². The molecule has 0 aliphatic rings. The second kappa shape index (κ2) is 10.6. The minimum Gasteiger partial charge on any atom is -0.468 e. The third kappa shape index (κ3) is 5.01. The van der Waals surface area contributed by atoms with E-state index in [0.29, 0.717) is 29.5 Å². The van der Waals surface area contributed by atoms with E-state index in [4.69, 9.17) is 16.0 Å². The molecule has 0 saturated heterocycles. The molecule has 0 spiro atoms. The van der Waals surface area contributed by atoms with Gasteiger partial charge in [-0.1, -0.05) is 54.9 Å². The number of furan rings is 1. The van der Waals surface area contributed by atoms with Crippen molar-refractivity contribution in [1.29, 1.82) is 0 Å². The highest BCUT2D eigenvalue weighted by Crippen LogP contribution is 2.34. The Morgan fingerprint density at radius 2 is 1.92 bits per heavy atom. The lowest BCUT2D eigenvalue weighted by molar-refractivity contribution is 0.168. The molecule has 8 nitrogen and oxygen atoms in total. The van der Waals surface area contributed by atoms with Gasteiger partial charge in [0.15, 0.2) is 5.82 Å². The average Bonchev–Trinajstić information content (AvgIpc) is 3.59. The zero-order chi connectivity index (χ0) is 26.9. The Morgan fingerprint density at radius 3 is 2.66 bits per heavy atom. The summed E-state index contributed by atoms with van der Waals surface area (Å²) in [6.07, 6.45) is 2.45. The van der Waals surface area contributed by atoms with Crippen LogP contribution in [-0.2, 0) is 18.6 Å². The molecule has 0 radical (unpaired) electrons. The first-order valence-corrected chi connectivity index (χ1v) is 13.1. The molecule has 0 saturated carbocycles. The molecule has 0 unspecified atom stereocenters. The van der Waals surface area contributed by atoms with Crippen LogP contribution in [0, 0.1) is 6.92 Å². The highest BCUT2D eigenvalue weighted by molar-refractivity contribution is 6.31. The highest BCUT2D eigenvalue weighted by atomic mass is 35.5. The minimum atomic E-state index is -0.592. The van der Waals surface area contributed by atoms with Gasteiger partial charge in [-0.3, -0.25) is 9.69 Å². The first kappa shape index (κ1) is 25.9. The van der Waals surface area contributed by atoms with Crippen molar-refractivity contribution in [2.75, 3.05) is 0 Å². The number of hydrogen-bond donors (Lipinski definition) is 1. The molecule has 1 N–H and O–H groups in total. The molecule has 5 aromatic rings. The summed E-state index contributed by atoms with van der Waals surface area (Å²) >= 11 is 6.62. The normalized spacial score (nSPS) is 12.9. The van der Waals surface area contributed by atoms with Crippen LogP contribution in [0.5, 0.6) is 0 Å². The summed E-state index contributed by atoms with van der Waals surface area (Å²) in [6, 6.07) is 18.8. The number of halogens is 1. The number of aromatic amines is 1. The number of pyridine rings is 1. The maximum atomic E-state index is 13.8. The van der Waals surface area contributed by atoms with Crippen molar-refractivity contribution in [3.8, 4) is 0 Å². The summed E-state index contributed by atoms with van der Waals surface area (Å²) in [5.41, 5.74) is 2.72.